The largest absolute Gasteiger partial charge is 0.395 e. The van der Waals surface area contributed by atoms with E-state index in [1.807, 2.05) is 0 Å². The van der Waals surface area contributed by atoms with Gasteiger partial charge in [0.25, 0.3) is 5.91 Å². The van der Waals surface area contributed by atoms with E-state index < -0.39 is 0 Å². The van der Waals surface area contributed by atoms with Gasteiger partial charge in [0.2, 0.25) is 0 Å². The van der Waals surface area contributed by atoms with E-state index in [4.69, 9.17) is 5.11 Å². The van der Waals surface area contributed by atoms with Gasteiger partial charge in [0.05, 0.1) is 24.1 Å². The summed E-state index contributed by atoms with van der Waals surface area (Å²) in [6.07, 6.45) is 6.64. The molecule has 0 saturated carbocycles. The third kappa shape index (κ3) is 3.90. The molecule has 1 amide bonds. The molecule has 0 saturated heterocycles. The van der Waals surface area contributed by atoms with Gasteiger partial charge < -0.3 is 10.4 Å². The van der Waals surface area contributed by atoms with Crippen LogP contribution in [-0.2, 0) is 0 Å². The van der Waals surface area contributed by atoms with Crippen LogP contribution < -0.4 is 5.32 Å². The van der Waals surface area contributed by atoms with Crippen molar-refractivity contribution in [2.24, 2.45) is 0 Å². The zero-order valence-electron chi connectivity index (χ0n) is 10.7. The number of aliphatic hydroxyl groups excluding tert-OH is 1. The van der Waals surface area contributed by atoms with E-state index in [-0.39, 0.29) is 12.5 Å². The first-order valence-corrected chi connectivity index (χ1v) is 6.06. The number of aliphatic hydroxyl groups is 1. The normalized spacial score (nSPS) is 9.45. The van der Waals surface area contributed by atoms with Gasteiger partial charge in [-0.25, -0.2) is 0 Å². The van der Waals surface area contributed by atoms with Crippen molar-refractivity contribution in [2.45, 2.75) is 6.42 Å². The van der Waals surface area contributed by atoms with Crippen LogP contribution in [0.1, 0.15) is 22.3 Å². The van der Waals surface area contributed by atoms with Crippen LogP contribution in [0.4, 0.5) is 5.69 Å². The highest BCUT2D eigenvalue weighted by Crippen LogP contribution is 2.07. The minimum Gasteiger partial charge on any atom is -0.395 e. The van der Waals surface area contributed by atoms with Crippen LogP contribution >= 0.6 is 0 Å². The molecular weight excluding hydrogens is 254 g/mol. The second kappa shape index (κ2) is 7.02. The summed E-state index contributed by atoms with van der Waals surface area (Å²) in [6.45, 7) is 0.0155. The van der Waals surface area contributed by atoms with E-state index >= 15 is 0 Å². The molecule has 2 N–H and O–H groups in total. The number of nitrogens with one attached hydrogen (secondary N) is 1. The van der Waals surface area contributed by atoms with Gasteiger partial charge in [-0.3, -0.25) is 14.8 Å². The maximum atomic E-state index is 12.0. The zero-order chi connectivity index (χ0) is 14.2. The Morgan fingerprint density at radius 3 is 2.95 bits per heavy atom. The molecule has 0 aliphatic heterocycles. The van der Waals surface area contributed by atoms with Gasteiger partial charge in [0, 0.05) is 30.6 Å². The molecule has 0 aliphatic carbocycles. The Morgan fingerprint density at radius 2 is 2.20 bits per heavy atom. The molecule has 0 atom stereocenters. The minimum absolute atomic E-state index is 0.0155. The zero-order valence-corrected chi connectivity index (χ0v) is 10.7. The van der Waals surface area contributed by atoms with Crippen molar-refractivity contribution in [3.05, 3.63) is 54.1 Å². The first kappa shape index (κ1) is 13.7. The Labute approximate surface area is 116 Å². The lowest BCUT2D eigenvalue weighted by Crippen LogP contribution is -2.12. The third-order valence-corrected chi connectivity index (χ3v) is 2.39. The molecule has 5 heteroatoms. The molecular formula is C15H13N3O2. The van der Waals surface area contributed by atoms with Gasteiger partial charge >= 0.3 is 0 Å². The molecule has 0 bridgehead atoms. The minimum atomic E-state index is -0.267. The molecule has 100 valence electrons. The number of hydrogen-bond acceptors (Lipinski definition) is 4. The summed E-state index contributed by atoms with van der Waals surface area (Å²) >= 11 is 0. The SMILES string of the molecule is O=C(Nc1cccnc1)c1cncc(C#CCCO)c1. The first-order chi connectivity index (χ1) is 9.79. The average molecular weight is 267 g/mol. The van der Waals surface area contributed by atoms with Crippen LogP contribution in [0.15, 0.2) is 43.0 Å². The maximum absolute atomic E-state index is 12.0. The maximum Gasteiger partial charge on any atom is 0.257 e. The van der Waals surface area contributed by atoms with Crippen LogP contribution in [0.3, 0.4) is 0 Å². The number of anilines is 1. The molecule has 0 unspecified atom stereocenters. The first-order valence-electron chi connectivity index (χ1n) is 6.06. The van der Waals surface area contributed by atoms with Crippen LogP contribution in [0.25, 0.3) is 0 Å². The molecule has 20 heavy (non-hydrogen) atoms. The van der Waals surface area contributed by atoms with Crippen LogP contribution in [-0.4, -0.2) is 27.6 Å². The summed E-state index contributed by atoms with van der Waals surface area (Å²) in [5.41, 5.74) is 1.68. The molecule has 2 aromatic rings. The molecule has 0 radical (unpaired) electrons. The van der Waals surface area contributed by atoms with Crippen LogP contribution in [0.5, 0.6) is 0 Å². The van der Waals surface area contributed by atoms with Crippen molar-refractivity contribution in [3.8, 4) is 11.8 Å². The second-order valence-corrected chi connectivity index (χ2v) is 3.93. The third-order valence-electron chi connectivity index (χ3n) is 2.39. The number of hydrogen-bond donors (Lipinski definition) is 2. The lowest BCUT2D eigenvalue weighted by molar-refractivity contribution is 0.102. The number of carbonyl (C=O) groups excluding carboxylic acids is 1. The lowest BCUT2D eigenvalue weighted by atomic mass is 10.2. The summed E-state index contributed by atoms with van der Waals surface area (Å²) in [6, 6.07) is 5.15. The van der Waals surface area contributed by atoms with Gasteiger partial charge in [0.15, 0.2) is 0 Å². The Morgan fingerprint density at radius 1 is 1.30 bits per heavy atom. The lowest BCUT2D eigenvalue weighted by Gasteiger charge is -2.04. The van der Waals surface area contributed by atoms with E-state index in [0.717, 1.165) is 0 Å². The van der Waals surface area contributed by atoms with Crippen LogP contribution in [0.2, 0.25) is 0 Å². The predicted molar refractivity (Wildman–Crippen MR) is 75.0 cm³/mol. The summed E-state index contributed by atoms with van der Waals surface area (Å²) in [5.74, 6) is 5.36. The standard InChI is InChI=1S/C15H13N3O2/c19-7-2-1-4-12-8-13(10-17-9-12)15(20)18-14-5-3-6-16-11-14/h3,5-6,8-11,19H,2,7H2,(H,18,20). The van der Waals surface area contributed by atoms with Crippen molar-refractivity contribution < 1.29 is 9.90 Å². The second-order valence-electron chi connectivity index (χ2n) is 3.93. The monoisotopic (exact) mass is 267 g/mol. The van der Waals surface area contributed by atoms with E-state index in [1.165, 1.54) is 6.20 Å². The van der Waals surface area contributed by atoms with Crippen molar-refractivity contribution in [2.75, 3.05) is 11.9 Å². The van der Waals surface area contributed by atoms with E-state index in [9.17, 15) is 4.79 Å². The smallest absolute Gasteiger partial charge is 0.257 e. The molecule has 2 heterocycles. The van der Waals surface area contributed by atoms with Crippen molar-refractivity contribution in [1.82, 2.24) is 9.97 Å². The van der Waals surface area contributed by atoms with Gasteiger partial charge in [-0.1, -0.05) is 11.8 Å². The highest BCUT2D eigenvalue weighted by atomic mass is 16.2. The number of carbonyl (C=O) groups is 1. The number of aromatic nitrogens is 2. The number of pyridine rings is 2. The number of nitrogens with zero attached hydrogens (tertiary/aromatic N) is 2. The summed E-state index contributed by atoms with van der Waals surface area (Å²) < 4.78 is 0. The number of rotatable bonds is 3. The highest BCUT2D eigenvalue weighted by molar-refractivity contribution is 6.04. The topological polar surface area (TPSA) is 75.1 Å². The van der Waals surface area contributed by atoms with Crippen molar-refractivity contribution in [3.63, 3.8) is 0 Å². The molecule has 0 spiro atoms. The molecule has 5 nitrogen and oxygen atoms in total. The van der Waals surface area contributed by atoms with Gasteiger partial charge in [0.1, 0.15) is 0 Å². The van der Waals surface area contributed by atoms with Gasteiger partial charge in [-0.2, -0.15) is 0 Å². The van der Waals surface area contributed by atoms with Gasteiger partial charge in [-0.15, -0.1) is 0 Å². The Bertz CT molecular complexity index is 645. The van der Waals surface area contributed by atoms with Gasteiger partial charge in [-0.05, 0) is 18.2 Å². The molecule has 0 aromatic carbocycles. The van der Waals surface area contributed by atoms with E-state index in [2.05, 4.69) is 27.1 Å². The molecule has 2 rings (SSSR count). The Balaban J connectivity index is 2.11. The fourth-order valence-electron chi connectivity index (χ4n) is 1.49. The summed E-state index contributed by atoms with van der Waals surface area (Å²) in [5, 5.41) is 11.4. The Hall–Kier alpha value is -2.71. The van der Waals surface area contributed by atoms with E-state index in [1.54, 1.807) is 36.8 Å². The summed E-state index contributed by atoms with van der Waals surface area (Å²) in [4.78, 5) is 19.9. The highest BCUT2D eigenvalue weighted by Gasteiger charge is 2.06. The van der Waals surface area contributed by atoms with Crippen molar-refractivity contribution >= 4 is 11.6 Å². The molecule has 2 aromatic heterocycles. The molecule has 0 aliphatic rings. The molecule has 0 fully saturated rings. The fraction of sp³-hybridized carbons (Fsp3) is 0.133. The summed E-state index contributed by atoms with van der Waals surface area (Å²) in [7, 11) is 0. The van der Waals surface area contributed by atoms with E-state index in [0.29, 0.717) is 23.2 Å². The van der Waals surface area contributed by atoms with Crippen LogP contribution in [0, 0.1) is 11.8 Å². The fourth-order valence-corrected chi connectivity index (χ4v) is 1.49. The predicted octanol–water partition coefficient (Wildman–Crippen LogP) is 1.46. The number of amides is 1. The quantitative estimate of drug-likeness (QED) is 0.826. The Kier molecular flexibility index (Phi) is 4.81. The average Bonchev–Trinajstić information content (AvgIpc) is 2.49. The van der Waals surface area contributed by atoms with Crippen molar-refractivity contribution in [1.29, 1.82) is 0 Å².